The van der Waals surface area contributed by atoms with Gasteiger partial charge in [0.25, 0.3) is 0 Å². The standard InChI is InChI=1S/C3H8O.CH3I/c1-3(2)4;1-2/h3-4H,1-2H3;1H3. The first-order valence-corrected chi connectivity index (χ1v) is 3.95. The van der Waals surface area contributed by atoms with Gasteiger partial charge in [0.05, 0.1) is 0 Å². The Bertz CT molecular complexity index is 12.3. The normalized spacial score (nSPS) is 7.00. The Morgan fingerprint density at radius 2 is 1.33 bits per heavy atom. The quantitative estimate of drug-likeness (QED) is 0.465. The van der Waals surface area contributed by atoms with Gasteiger partial charge in [-0.2, -0.15) is 0 Å². The Balaban J connectivity index is 0. The van der Waals surface area contributed by atoms with Gasteiger partial charge in [-0.05, 0) is 18.8 Å². The molecule has 2 heteroatoms. The lowest BCUT2D eigenvalue weighted by molar-refractivity contribution is 0.216. The van der Waals surface area contributed by atoms with Crippen molar-refractivity contribution >= 4 is 22.6 Å². The van der Waals surface area contributed by atoms with E-state index < -0.39 is 0 Å². The molecule has 0 rings (SSSR count). The highest BCUT2D eigenvalue weighted by Crippen LogP contribution is 1.65. The fourth-order valence-electron chi connectivity index (χ4n) is 0. The van der Waals surface area contributed by atoms with E-state index in [9.17, 15) is 0 Å². The summed E-state index contributed by atoms with van der Waals surface area (Å²) in [5.41, 5.74) is 0. The SMILES string of the molecule is CC(C)O.CI. The van der Waals surface area contributed by atoms with Crippen LogP contribution in [-0.4, -0.2) is 16.1 Å². The number of hydrogen-bond acceptors (Lipinski definition) is 1. The molecule has 0 aromatic rings. The van der Waals surface area contributed by atoms with Crippen LogP contribution in [0.5, 0.6) is 0 Å². The van der Waals surface area contributed by atoms with Crippen LogP contribution in [0.3, 0.4) is 0 Å². The van der Waals surface area contributed by atoms with Crippen LogP contribution >= 0.6 is 22.6 Å². The summed E-state index contributed by atoms with van der Waals surface area (Å²) < 4.78 is 0. The highest BCUT2D eigenvalue weighted by molar-refractivity contribution is 14.1. The molecule has 0 bridgehead atoms. The minimum atomic E-state index is -0.167. The fraction of sp³-hybridized carbons (Fsp3) is 1.00. The van der Waals surface area contributed by atoms with E-state index >= 15 is 0 Å². The van der Waals surface area contributed by atoms with Crippen molar-refractivity contribution in [2.75, 3.05) is 4.93 Å². The van der Waals surface area contributed by atoms with E-state index in [-0.39, 0.29) is 6.10 Å². The van der Waals surface area contributed by atoms with Crippen molar-refractivity contribution < 1.29 is 5.11 Å². The maximum atomic E-state index is 8.06. The summed E-state index contributed by atoms with van der Waals surface area (Å²) in [4.78, 5) is 1.97. The molecule has 40 valence electrons. The molecule has 0 aromatic carbocycles. The second kappa shape index (κ2) is 9.19. The zero-order valence-corrected chi connectivity index (χ0v) is 6.56. The van der Waals surface area contributed by atoms with Crippen molar-refractivity contribution in [3.63, 3.8) is 0 Å². The van der Waals surface area contributed by atoms with Crippen molar-refractivity contribution in [1.82, 2.24) is 0 Å². The molecular formula is C4H11IO. The molecule has 0 aliphatic rings. The molecule has 0 spiro atoms. The third-order valence-corrected chi connectivity index (χ3v) is 0. The first-order chi connectivity index (χ1) is 2.73. The van der Waals surface area contributed by atoms with Gasteiger partial charge in [0.15, 0.2) is 0 Å². The van der Waals surface area contributed by atoms with Gasteiger partial charge in [-0.3, -0.25) is 0 Å². The second-order valence-electron chi connectivity index (χ2n) is 1.09. The van der Waals surface area contributed by atoms with Crippen LogP contribution in [0.2, 0.25) is 0 Å². The molecule has 1 nitrogen and oxygen atoms in total. The molecule has 0 saturated carbocycles. The Morgan fingerprint density at radius 3 is 1.33 bits per heavy atom. The van der Waals surface area contributed by atoms with Crippen LogP contribution in [0, 0.1) is 0 Å². The summed E-state index contributed by atoms with van der Waals surface area (Å²) in [6.45, 7) is 3.44. The van der Waals surface area contributed by atoms with Crippen molar-refractivity contribution in [2.24, 2.45) is 0 Å². The van der Waals surface area contributed by atoms with Crippen LogP contribution in [0.25, 0.3) is 0 Å². The predicted octanol–water partition coefficient (Wildman–Crippen LogP) is 1.44. The summed E-state index contributed by atoms with van der Waals surface area (Å²) in [5.74, 6) is 0. The zero-order valence-electron chi connectivity index (χ0n) is 4.40. The molecule has 0 radical (unpaired) electrons. The predicted molar refractivity (Wildman–Crippen MR) is 37.3 cm³/mol. The molecule has 0 atom stereocenters. The molecule has 0 amide bonds. The molecule has 0 aliphatic heterocycles. The van der Waals surface area contributed by atoms with Crippen molar-refractivity contribution in [1.29, 1.82) is 0 Å². The highest BCUT2D eigenvalue weighted by atomic mass is 127. The van der Waals surface area contributed by atoms with Crippen LogP contribution in [-0.2, 0) is 0 Å². The van der Waals surface area contributed by atoms with E-state index in [1.807, 2.05) is 4.93 Å². The van der Waals surface area contributed by atoms with E-state index in [1.165, 1.54) is 0 Å². The summed E-state index contributed by atoms with van der Waals surface area (Å²) in [7, 11) is 0. The van der Waals surface area contributed by atoms with Crippen molar-refractivity contribution in [2.45, 2.75) is 20.0 Å². The molecule has 0 heterocycles. The fourth-order valence-corrected chi connectivity index (χ4v) is 0. The second-order valence-corrected chi connectivity index (χ2v) is 1.09. The van der Waals surface area contributed by atoms with Crippen LogP contribution < -0.4 is 0 Å². The molecule has 0 saturated heterocycles. The Morgan fingerprint density at radius 1 is 1.33 bits per heavy atom. The largest absolute Gasteiger partial charge is 0.394 e. The number of aliphatic hydroxyl groups is 1. The van der Waals surface area contributed by atoms with Gasteiger partial charge in [-0.15, -0.1) is 0 Å². The molecule has 0 aromatic heterocycles. The average molecular weight is 202 g/mol. The lowest BCUT2D eigenvalue weighted by Crippen LogP contribution is -1.85. The van der Waals surface area contributed by atoms with Gasteiger partial charge in [0, 0.05) is 6.10 Å². The van der Waals surface area contributed by atoms with Gasteiger partial charge in [-0.1, -0.05) is 22.6 Å². The molecule has 0 unspecified atom stereocenters. The van der Waals surface area contributed by atoms with Crippen LogP contribution in [0.4, 0.5) is 0 Å². The molecular weight excluding hydrogens is 191 g/mol. The Kier molecular flexibility index (Phi) is 15.1. The minimum Gasteiger partial charge on any atom is -0.394 e. The van der Waals surface area contributed by atoms with Crippen LogP contribution in [0.15, 0.2) is 0 Å². The number of hydrogen-bond donors (Lipinski definition) is 1. The number of rotatable bonds is 0. The third-order valence-electron chi connectivity index (χ3n) is 0. The molecule has 1 N–H and O–H groups in total. The highest BCUT2D eigenvalue weighted by Gasteiger charge is 1.69. The van der Waals surface area contributed by atoms with E-state index in [0.717, 1.165) is 0 Å². The van der Waals surface area contributed by atoms with Crippen LogP contribution in [0.1, 0.15) is 13.8 Å². The van der Waals surface area contributed by atoms with E-state index in [0.29, 0.717) is 0 Å². The monoisotopic (exact) mass is 202 g/mol. The molecule has 6 heavy (non-hydrogen) atoms. The number of halogens is 1. The first-order valence-electron chi connectivity index (χ1n) is 1.79. The number of aliphatic hydroxyl groups excluding tert-OH is 1. The minimum absolute atomic E-state index is 0.167. The summed E-state index contributed by atoms with van der Waals surface area (Å²) in [6, 6.07) is 0. The van der Waals surface area contributed by atoms with Crippen molar-refractivity contribution in [3.05, 3.63) is 0 Å². The maximum absolute atomic E-state index is 8.06. The summed E-state index contributed by atoms with van der Waals surface area (Å²) in [6.07, 6.45) is -0.167. The van der Waals surface area contributed by atoms with E-state index in [4.69, 9.17) is 5.11 Å². The lowest BCUT2D eigenvalue weighted by Gasteiger charge is -1.80. The van der Waals surface area contributed by atoms with Gasteiger partial charge < -0.3 is 5.11 Å². The smallest absolute Gasteiger partial charge is 0.0483 e. The third kappa shape index (κ3) is 134. The molecule has 0 fully saturated rings. The van der Waals surface area contributed by atoms with Gasteiger partial charge in [-0.25, -0.2) is 0 Å². The van der Waals surface area contributed by atoms with Gasteiger partial charge >= 0.3 is 0 Å². The lowest BCUT2D eigenvalue weighted by atomic mass is 10.5. The van der Waals surface area contributed by atoms with Gasteiger partial charge in [0.2, 0.25) is 0 Å². The Hall–Kier alpha value is 0.690. The maximum Gasteiger partial charge on any atom is 0.0483 e. The van der Waals surface area contributed by atoms with Crippen molar-refractivity contribution in [3.8, 4) is 0 Å². The Labute approximate surface area is 52.9 Å². The summed E-state index contributed by atoms with van der Waals surface area (Å²) >= 11 is 2.15. The zero-order chi connectivity index (χ0) is 5.58. The topological polar surface area (TPSA) is 20.2 Å². The average Bonchev–Trinajstić information content (AvgIpc) is 1.41. The van der Waals surface area contributed by atoms with E-state index in [1.54, 1.807) is 13.8 Å². The summed E-state index contributed by atoms with van der Waals surface area (Å²) in [5, 5.41) is 8.06. The molecule has 0 aliphatic carbocycles. The first kappa shape index (κ1) is 9.85. The number of alkyl halides is 1. The van der Waals surface area contributed by atoms with Gasteiger partial charge in [0.1, 0.15) is 0 Å². The van der Waals surface area contributed by atoms with E-state index in [2.05, 4.69) is 22.6 Å².